The van der Waals surface area contributed by atoms with E-state index in [0.29, 0.717) is 0 Å². The van der Waals surface area contributed by atoms with E-state index in [2.05, 4.69) is 0 Å². The Hall–Kier alpha value is -1.52. The van der Waals surface area contributed by atoms with Gasteiger partial charge in [-0.15, -0.1) is 4.31 Å². The van der Waals surface area contributed by atoms with Gasteiger partial charge in [0.25, 0.3) is 0 Å². The van der Waals surface area contributed by atoms with Gasteiger partial charge in [0.15, 0.2) is 0 Å². The molecule has 0 amide bonds. The Kier molecular flexibility index (Phi) is 6.03. The summed E-state index contributed by atoms with van der Waals surface area (Å²) in [6.45, 7) is 0.428. The van der Waals surface area contributed by atoms with Crippen LogP contribution in [0.15, 0.2) is 18.2 Å². The van der Waals surface area contributed by atoms with Crippen molar-refractivity contribution >= 4 is 28.5 Å². The van der Waals surface area contributed by atoms with Crippen molar-refractivity contribution in [3.05, 3.63) is 28.8 Å². The van der Waals surface area contributed by atoms with Crippen molar-refractivity contribution in [2.45, 2.75) is 19.3 Å². The SMILES string of the molecule is C[C@@H](COc1ccc(C(=O)O)c(Cl)c1)N([SH](=O)=O)C(F)(F)F. The molecule has 1 aromatic rings. The minimum atomic E-state index is -5.05. The zero-order chi connectivity index (χ0) is 17.1. The molecule has 0 bridgehead atoms. The first-order valence-electron chi connectivity index (χ1n) is 5.70. The predicted molar refractivity (Wildman–Crippen MR) is 71.6 cm³/mol. The fraction of sp³-hybridized carbons (Fsp3) is 0.364. The molecule has 0 aromatic heterocycles. The number of ether oxygens (including phenoxy) is 1. The smallest absolute Gasteiger partial charge is 0.473 e. The third-order valence-corrected chi connectivity index (χ3v) is 3.80. The van der Waals surface area contributed by atoms with Crippen molar-refractivity contribution in [3.8, 4) is 5.75 Å². The maximum atomic E-state index is 12.6. The first-order chi connectivity index (χ1) is 10.0. The molecule has 0 radical (unpaired) electrons. The van der Waals surface area contributed by atoms with Gasteiger partial charge in [-0.05, 0) is 25.1 Å². The second kappa shape index (κ2) is 7.16. The molecule has 1 atom stereocenters. The summed E-state index contributed by atoms with van der Waals surface area (Å²) in [5, 5.41) is 8.62. The minimum Gasteiger partial charge on any atom is -0.492 e. The van der Waals surface area contributed by atoms with Gasteiger partial charge in [-0.25, -0.2) is 13.2 Å². The van der Waals surface area contributed by atoms with E-state index < -0.39 is 40.1 Å². The quantitative estimate of drug-likeness (QED) is 0.599. The third kappa shape index (κ3) is 4.75. The average Bonchev–Trinajstić information content (AvgIpc) is 2.33. The molecule has 0 aliphatic heterocycles. The number of carboxylic acid groups (broad SMARTS) is 1. The van der Waals surface area contributed by atoms with E-state index in [4.69, 9.17) is 21.4 Å². The highest BCUT2D eigenvalue weighted by Crippen LogP contribution is 2.26. The van der Waals surface area contributed by atoms with Crippen LogP contribution in [-0.4, -0.2) is 42.7 Å². The molecule has 1 rings (SSSR count). The Morgan fingerprint density at radius 3 is 2.45 bits per heavy atom. The zero-order valence-corrected chi connectivity index (χ0v) is 12.7. The molecule has 0 fully saturated rings. The van der Waals surface area contributed by atoms with Crippen LogP contribution in [0.25, 0.3) is 0 Å². The van der Waals surface area contributed by atoms with Crippen LogP contribution in [0, 0.1) is 0 Å². The van der Waals surface area contributed by atoms with Crippen LogP contribution in [0.5, 0.6) is 5.75 Å². The van der Waals surface area contributed by atoms with E-state index in [1.54, 1.807) is 0 Å². The van der Waals surface area contributed by atoms with Gasteiger partial charge in [0, 0.05) is 0 Å². The molecule has 0 saturated heterocycles. The van der Waals surface area contributed by atoms with E-state index in [1.165, 1.54) is 6.07 Å². The molecular formula is C11H11ClF3NO5S. The van der Waals surface area contributed by atoms with E-state index in [0.717, 1.165) is 19.1 Å². The summed E-state index contributed by atoms with van der Waals surface area (Å²) in [6.07, 6.45) is -5.05. The van der Waals surface area contributed by atoms with Crippen molar-refractivity contribution < 1.29 is 36.2 Å². The number of carboxylic acids is 1. The fourth-order valence-electron chi connectivity index (χ4n) is 1.55. The molecule has 0 unspecified atom stereocenters. The number of thiol groups is 1. The lowest BCUT2D eigenvalue weighted by molar-refractivity contribution is -0.220. The molecule has 1 aromatic carbocycles. The van der Waals surface area contributed by atoms with Crippen molar-refractivity contribution in [2.24, 2.45) is 0 Å². The molecule has 11 heteroatoms. The highest BCUT2D eigenvalue weighted by atomic mass is 35.5. The number of halogens is 4. The van der Waals surface area contributed by atoms with Crippen LogP contribution >= 0.6 is 11.6 Å². The molecule has 0 aliphatic rings. The van der Waals surface area contributed by atoms with E-state index in [9.17, 15) is 26.4 Å². The number of aromatic carboxylic acids is 1. The zero-order valence-electron chi connectivity index (χ0n) is 11.0. The number of rotatable bonds is 6. The van der Waals surface area contributed by atoms with Gasteiger partial charge < -0.3 is 9.84 Å². The number of alkyl halides is 3. The normalized spacial score (nSPS) is 13.4. The topological polar surface area (TPSA) is 83.9 Å². The summed E-state index contributed by atoms with van der Waals surface area (Å²) in [4.78, 5) is 10.7. The number of nitrogens with zero attached hydrogens (tertiary/aromatic N) is 1. The second-order valence-electron chi connectivity index (χ2n) is 4.16. The molecule has 6 nitrogen and oxygen atoms in total. The van der Waals surface area contributed by atoms with Crippen LogP contribution in [0.1, 0.15) is 17.3 Å². The van der Waals surface area contributed by atoms with Crippen molar-refractivity contribution in [1.82, 2.24) is 4.31 Å². The maximum absolute atomic E-state index is 12.6. The Labute approximate surface area is 130 Å². The van der Waals surface area contributed by atoms with Gasteiger partial charge in [0.1, 0.15) is 12.4 Å². The highest BCUT2D eigenvalue weighted by Gasteiger charge is 2.43. The van der Waals surface area contributed by atoms with Gasteiger partial charge >= 0.3 is 12.3 Å². The summed E-state index contributed by atoms with van der Waals surface area (Å²) in [7, 11) is -3.87. The van der Waals surface area contributed by atoms with Gasteiger partial charge in [0.2, 0.25) is 10.9 Å². The monoisotopic (exact) mass is 361 g/mol. The van der Waals surface area contributed by atoms with Gasteiger partial charge in [-0.3, -0.25) is 0 Å². The molecule has 0 aliphatic carbocycles. The minimum absolute atomic E-state index is 0.0186. The molecule has 0 saturated carbocycles. The van der Waals surface area contributed by atoms with Crippen molar-refractivity contribution in [3.63, 3.8) is 0 Å². The number of hydrogen-bond acceptors (Lipinski definition) is 4. The van der Waals surface area contributed by atoms with Crippen LogP contribution in [0.2, 0.25) is 5.02 Å². The molecular weight excluding hydrogens is 351 g/mol. The largest absolute Gasteiger partial charge is 0.492 e. The fourth-order valence-corrected chi connectivity index (χ4v) is 2.38. The average molecular weight is 362 g/mol. The van der Waals surface area contributed by atoms with Crippen LogP contribution in [-0.2, 0) is 10.9 Å². The lowest BCUT2D eigenvalue weighted by Gasteiger charge is -2.24. The van der Waals surface area contributed by atoms with Crippen molar-refractivity contribution in [1.29, 1.82) is 0 Å². The Morgan fingerprint density at radius 1 is 1.45 bits per heavy atom. The van der Waals surface area contributed by atoms with Crippen LogP contribution in [0.3, 0.4) is 0 Å². The second-order valence-corrected chi connectivity index (χ2v) is 5.47. The Balaban J connectivity index is 2.81. The summed E-state index contributed by atoms with van der Waals surface area (Å²) < 4.78 is 63.4. The number of benzene rings is 1. The standard InChI is InChI=1S/C11H11ClF3NO5S/c1-6(16(22(19)20)11(13,14)15)5-21-7-2-3-8(10(17)18)9(12)4-7/h2-4,6,22H,5H2,1H3,(H,17,18)/t6-/m0/s1. The van der Waals surface area contributed by atoms with E-state index in [1.807, 2.05) is 0 Å². The van der Waals surface area contributed by atoms with Gasteiger partial charge in [-0.1, -0.05) is 11.6 Å². The van der Waals surface area contributed by atoms with Crippen LogP contribution < -0.4 is 4.74 Å². The molecule has 0 spiro atoms. The van der Waals surface area contributed by atoms with Crippen LogP contribution in [0.4, 0.5) is 13.2 Å². The highest BCUT2D eigenvalue weighted by molar-refractivity contribution is 7.69. The molecule has 0 heterocycles. The maximum Gasteiger partial charge on any atom is 0.473 e. The lowest BCUT2D eigenvalue weighted by atomic mass is 10.2. The molecule has 1 N–H and O–H groups in total. The summed E-state index contributed by atoms with van der Waals surface area (Å²) >= 11 is 5.68. The van der Waals surface area contributed by atoms with E-state index >= 15 is 0 Å². The van der Waals surface area contributed by atoms with Crippen molar-refractivity contribution in [2.75, 3.05) is 6.61 Å². The third-order valence-electron chi connectivity index (χ3n) is 2.52. The molecule has 124 valence electrons. The van der Waals surface area contributed by atoms with Gasteiger partial charge in [0.05, 0.1) is 16.6 Å². The lowest BCUT2D eigenvalue weighted by Crippen LogP contribution is -2.45. The number of hydrogen-bond donors (Lipinski definition) is 2. The first kappa shape index (κ1) is 18.5. The predicted octanol–water partition coefficient (Wildman–Crippen LogP) is 2.15. The molecule has 22 heavy (non-hydrogen) atoms. The van der Waals surface area contributed by atoms with Gasteiger partial charge in [-0.2, -0.15) is 13.2 Å². The number of carbonyl (C=O) groups is 1. The first-order valence-corrected chi connectivity index (χ1v) is 7.21. The summed E-state index contributed by atoms with van der Waals surface area (Å²) in [6, 6.07) is 1.95. The Bertz CT molecular complexity index is 627. The summed E-state index contributed by atoms with van der Waals surface area (Å²) in [5.74, 6) is -1.25. The Morgan fingerprint density at radius 2 is 2.05 bits per heavy atom. The summed E-state index contributed by atoms with van der Waals surface area (Å²) in [5.41, 5.74) is -0.193. The van der Waals surface area contributed by atoms with E-state index in [-0.39, 0.29) is 16.3 Å².